The Bertz CT molecular complexity index is 729. The summed E-state index contributed by atoms with van der Waals surface area (Å²) in [5, 5.41) is 4.04. The van der Waals surface area contributed by atoms with Gasteiger partial charge >= 0.3 is 0 Å². The third kappa shape index (κ3) is 2.83. The zero-order valence-corrected chi connectivity index (χ0v) is 11.3. The van der Waals surface area contributed by atoms with E-state index in [1.54, 1.807) is 6.20 Å². The van der Waals surface area contributed by atoms with Crippen LogP contribution in [0.1, 0.15) is 4.88 Å². The molecule has 0 aliphatic heterocycles. The van der Waals surface area contributed by atoms with Gasteiger partial charge in [-0.05, 0) is 18.2 Å². The number of thiazole rings is 1. The molecule has 0 fully saturated rings. The van der Waals surface area contributed by atoms with Crippen LogP contribution in [-0.2, 0) is 6.54 Å². The van der Waals surface area contributed by atoms with Gasteiger partial charge in [-0.3, -0.25) is 4.98 Å². The van der Waals surface area contributed by atoms with Gasteiger partial charge < -0.3 is 5.32 Å². The van der Waals surface area contributed by atoms with Crippen LogP contribution in [0.2, 0.25) is 4.47 Å². The molecule has 6 heteroatoms. The average molecular weight is 294 g/mol. The molecule has 1 aromatic carbocycles. The summed E-state index contributed by atoms with van der Waals surface area (Å²) in [6.07, 6.45) is 2.96. The van der Waals surface area contributed by atoms with E-state index in [1.165, 1.54) is 23.6 Å². The second kappa shape index (κ2) is 5.11. The fourth-order valence-electron chi connectivity index (χ4n) is 1.76. The highest BCUT2D eigenvalue weighted by Gasteiger charge is 2.02. The molecule has 96 valence electrons. The number of rotatable bonds is 3. The van der Waals surface area contributed by atoms with Crippen LogP contribution in [0.25, 0.3) is 10.9 Å². The molecule has 0 saturated heterocycles. The number of benzene rings is 1. The number of aromatic nitrogens is 2. The molecule has 0 radical (unpaired) electrons. The fraction of sp³-hybridized carbons (Fsp3) is 0.0769. The zero-order valence-electron chi connectivity index (χ0n) is 9.73. The third-order valence-corrected chi connectivity index (χ3v) is 3.76. The second-order valence-electron chi connectivity index (χ2n) is 3.99. The van der Waals surface area contributed by atoms with Gasteiger partial charge in [-0.25, -0.2) is 9.37 Å². The van der Waals surface area contributed by atoms with Crippen molar-refractivity contribution in [3.05, 3.63) is 51.8 Å². The van der Waals surface area contributed by atoms with Crippen LogP contribution < -0.4 is 5.32 Å². The zero-order chi connectivity index (χ0) is 13.2. The summed E-state index contributed by atoms with van der Waals surface area (Å²) >= 11 is 7.21. The van der Waals surface area contributed by atoms with Gasteiger partial charge in [-0.1, -0.05) is 17.7 Å². The predicted octanol–water partition coefficient (Wildman–Crippen LogP) is 4.10. The topological polar surface area (TPSA) is 37.8 Å². The van der Waals surface area contributed by atoms with Crippen LogP contribution in [0, 0.1) is 5.82 Å². The van der Waals surface area contributed by atoms with Crippen molar-refractivity contribution in [2.24, 2.45) is 0 Å². The molecule has 0 atom stereocenters. The van der Waals surface area contributed by atoms with Gasteiger partial charge in [-0.15, -0.1) is 11.3 Å². The maximum Gasteiger partial charge on any atom is 0.183 e. The van der Waals surface area contributed by atoms with Crippen molar-refractivity contribution in [1.29, 1.82) is 0 Å². The first kappa shape index (κ1) is 12.3. The Balaban J connectivity index is 1.79. The molecule has 0 saturated carbocycles. The van der Waals surface area contributed by atoms with Crippen molar-refractivity contribution < 1.29 is 4.39 Å². The molecule has 0 aliphatic carbocycles. The lowest BCUT2D eigenvalue weighted by molar-refractivity contribution is 0.624. The highest BCUT2D eigenvalue weighted by molar-refractivity contribution is 7.15. The third-order valence-electron chi connectivity index (χ3n) is 2.64. The van der Waals surface area contributed by atoms with Crippen LogP contribution in [0.5, 0.6) is 0 Å². The van der Waals surface area contributed by atoms with Crippen LogP contribution in [0.4, 0.5) is 10.1 Å². The minimum atomic E-state index is -0.326. The van der Waals surface area contributed by atoms with Crippen molar-refractivity contribution in [1.82, 2.24) is 9.97 Å². The number of hydrogen-bond acceptors (Lipinski definition) is 4. The van der Waals surface area contributed by atoms with Gasteiger partial charge in [0, 0.05) is 22.1 Å². The Labute approximate surface area is 118 Å². The quantitative estimate of drug-likeness (QED) is 0.790. The summed E-state index contributed by atoms with van der Waals surface area (Å²) in [5.74, 6) is -0.326. The molecular formula is C13H9ClFN3S. The molecule has 0 aliphatic rings. The van der Waals surface area contributed by atoms with E-state index in [4.69, 9.17) is 11.6 Å². The summed E-state index contributed by atoms with van der Waals surface area (Å²) in [5.41, 5.74) is 1.69. The Morgan fingerprint density at radius 3 is 2.89 bits per heavy atom. The Morgan fingerprint density at radius 1 is 1.21 bits per heavy atom. The van der Waals surface area contributed by atoms with Crippen LogP contribution >= 0.6 is 22.9 Å². The highest BCUT2D eigenvalue weighted by Crippen LogP contribution is 2.21. The Morgan fingerprint density at radius 2 is 2.11 bits per heavy atom. The lowest BCUT2D eigenvalue weighted by Gasteiger charge is -2.05. The van der Waals surface area contributed by atoms with Gasteiger partial charge in [0.1, 0.15) is 5.82 Å². The number of nitrogens with one attached hydrogen (secondary N) is 1. The number of halogens is 2. The fourth-order valence-corrected chi connectivity index (χ4v) is 2.68. The smallest absolute Gasteiger partial charge is 0.183 e. The normalized spacial score (nSPS) is 10.8. The summed E-state index contributed by atoms with van der Waals surface area (Å²) < 4.78 is 13.5. The largest absolute Gasteiger partial charge is 0.380 e. The Hall–Kier alpha value is -1.72. The summed E-state index contributed by atoms with van der Waals surface area (Å²) in [7, 11) is 0. The number of pyridine rings is 1. The molecule has 2 aromatic heterocycles. The minimum Gasteiger partial charge on any atom is -0.380 e. The maximum atomic E-state index is 13.0. The molecule has 2 heterocycles. The van der Waals surface area contributed by atoms with Crippen LogP contribution in [-0.4, -0.2) is 9.97 Å². The van der Waals surface area contributed by atoms with E-state index >= 15 is 0 Å². The second-order valence-corrected chi connectivity index (χ2v) is 5.69. The molecule has 3 rings (SSSR count). The summed E-state index contributed by atoms with van der Waals surface area (Å²) in [6.45, 7) is 0.650. The van der Waals surface area contributed by atoms with Crippen LogP contribution in [0.15, 0.2) is 36.7 Å². The molecule has 0 amide bonds. The van der Waals surface area contributed by atoms with Crippen molar-refractivity contribution in [2.45, 2.75) is 6.54 Å². The predicted molar refractivity (Wildman–Crippen MR) is 76.2 cm³/mol. The van der Waals surface area contributed by atoms with Crippen molar-refractivity contribution in [3.63, 3.8) is 0 Å². The lowest BCUT2D eigenvalue weighted by Crippen LogP contribution is -1.97. The van der Waals surface area contributed by atoms with E-state index in [-0.39, 0.29) is 5.82 Å². The maximum absolute atomic E-state index is 13.0. The minimum absolute atomic E-state index is 0.326. The molecule has 1 N–H and O–H groups in total. The van der Waals surface area contributed by atoms with Gasteiger partial charge in [0.2, 0.25) is 0 Å². The van der Waals surface area contributed by atoms with Gasteiger partial charge in [0.05, 0.1) is 18.3 Å². The lowest BCUT2D eigenvalue weighted by atomic mass is 10.2. The first-order valence-corrected chi connectivity index (χ1v) is 6.79. The molecule has 19 heavy (non-hydrogen) atoms. The van der Waals surface area contributed by atoms with E-state index in [2.05, 4.69) is 15.3 Å². The van der Waals surface area contributed by atoms with Gasteiger partial charge in [0.15, 0.2) is 4.47 Å². The molecule has 0 spiro atoms. The first-order valence-electron chi connectivity index (χ1n) is 5.60. The summed E-state index contributed by atoms with van der Waals surface area (Å²) in [6, 6.07) is 7.09. The number of hydrogen-bond donors (Lipinski definition) is 1. The van der Waals surface area contributed by atoms with Gasteiger partial charge in [0.25, 0.3) is 0 Å². The highest BCUT2D eigenvalue weighted by atomic mass is 35.5. The van der Waals surface area contributed by atoms with Crippen molar-refractivity contribution in [2.75, 3.05) is 5.32 Å². The monoisotopic (exact) mass is 293 g/mol. The van der Waals surface area contributed by atoms with Crippen molar-refractivity contribution >= 4 is 39.5 Å². The number of anilines is 1. The van der Waals surface area contributed by atoms with Crippen molar-refractivity contribution in [3.8, 4) is 0 Å². The molecule has 0 unspecified atom stereocenters. The van der Waals surface area contributed by atoms with Crippen LogP contribution in [0.3, 0.4) is 0 Å². The number of fused-ring (bicyclic) bond motifs is 1. The van der Waals surface area contributed by atoms with E-state index in [0.717, 1.165) is 21.5 Å². The van der Waals surface area contributed by atoms with E-state index in [1.807, 2.05) is 18.2 Å². The average Bonchev–Trinajstić information content (AvgIpc) is 2.82. The first-order chi connectivity index (χ1) is 9.20. The molecular weight excluding hydrogens is 285 g/mol. The van der Waals surface area contributed by atoms with Gasteiger partial charge in [-0.2, -0.15) is 0 Å². The summed E-state index contributed by atoms with van der Waals surface area (Å²) in [4.78, 5) is 9.09. The number of nitrogens with zero attached hydrogens (tertiary/aromatic N) is 2. The Kier molecular flexibility index (Phi) is 3.31. The standard InChI is InChI=1S/C13H9ClFN3S/c14-13-18-7-11(19-13)6-16-10-2-1-8-3-9(15)5-17-12(8)4-10/h1-5,7,16H,6H2. The van der Waals surface area contributed by atoms with E-state index in [0.29, 0.717) is 11.0 Å². The van der Waals surface area contributed by atoms with E-state index < -0.39 is 0 Å². The SMILES string of the molecule is Fc1cnc2cc(NCc3cnc(Cl)s3)ccc2c1. The molecule has 3 aromatic rings. The molecule has 0 bridgehead atoms. The van der Waals surface area contributed by atoms with E-state index in [9.17, 15) is 4.39 Å². The molecule has 3 nitrogen and oxygen atoms in total.